The number of nitrogens with one attached hydrogen (secondary N) is 2. The number of carbonyl (C=O) groups is 2. The zero-order chi connectivity index (χ0) is 19.4. The summed E-state index contributed by atoms with van der Waals surface area (Å²) in [5, 5.41) is 11.9. The highest BCUT2D eigenvalue weighted by Crippen LogP contribution is 2.25. The summed E-state index contributed by atoms with van der Waals surface area (Å²) in [6.45, 7) is -1.68. The van der Waals surface area contributed by atoms with E-state index in [1.165, 1.54) is 16.2 Å². The van der Waals surface area contributed by atoms with E-state index in [0.29, 0.717) is 5.56 Å². The Labute approximate surface area is 153 Å². The van der Waals surface area contributed by atoms with Gasteiger partial charge in [0.05, 0.1) is 18.7 Å². The molecule has 1 fully saturated rings. The molecule has 2 rings (SSSR count). The minimum Gasteiger partial charge on any atom is -0.384 e. The third kappa shape index (κ3) is 4.74. The topological polar surface area (TPSA) is 135 Å². The Balaban J connectivity index is 2.06. The first kappa shape index (κ1) is 20.2. The number of rotatable bonds is 7. The zero-order valence-corrected chi connectivity index (χ0v) is 14.9. The number of amides is 2. The van der Waals surface area contributed by atoms with E-state index in [0.717, 1.165) is 4.88 Å². The summed E-state index contributed by atoms with van der Waals surface area (Å²) < 4.78 is 29.3. The van der Waals surface area contributed by atoms with Crippen LogP contribution in [-0.2, 0) is 14.3 Å². The Hall–Kier alpha value is -2.11. The van der Waals surface area contributed by atoms with Crippen LogP contribution in [0.15, 0.2) is 11.4 Å². The van der Waals surface area contributed by atoms with Gasteiger partial charge in [-0.15, -0.1) is 11.3 Å². The number of nitrogen functional groups attached to an aromatic ring is 1. The maximum absolute atomic E-state index is 12.6. The van der Waals surface area contributed by atoms with Crippen LogP contribution in [0.25, 0.3) is 0 Å². The average Bonchev–Trinajstić information content (AvgIpc) is 3.20. The van der Waals surface area contributed by atoms with Crippen LogP contribution in [0, 0.1) is 5.41 Å². The molecule has 1 aromatic heterocycles. The summed E-state index contributed by atoms with van der Waals surface area (Å²) in [4.78, 5) is 26.5. The lowest BCUT2D eigenvalue weighted by Gasteiger charge is -2.24. The second kappa shape index (κ2) is 8.52. The number of nitrogens with two attached hydrogens (primary N) is 2. The fourth-order valence-corrected chi connectivity index (χ4v) is 3.70. The second-order valence-corrected chi connectivity index (χ2v) is 6.84. The molecule has 2 heterocycles. The van der Waals surface area contributed by atoms with Crippen molar-refractivity contribution in [2.24, 2.45) is 11.5 Å². The van der Waals surface area contributed by atoms with E-state index in [4.69, 9.17) is 16.9 Å². The summed E-state index contributed by atoms with van der Waals surface area (Å²) >= 11 is 1.33. The first-order valence-electron chi connectivity index (χ1n) is 7.89. The predicted octanol–water partition coefficient (Wildman–Crippen LogP) is 0.377. The number of halogens is 2. The van der Waals surface area contributed by atoms with Crippen molar-refractivity contribution in [1.82, 2.24) is 10.2 Å². The minimum atomic E-state index is -2.98. The van der Waals surface area contributed by atoms with Gasteiger partial charge in [-0.05, 0) is 13.0 Å². The van der Waals surface area contributed by atoms with Gasteiger partial charge in [0.1, 0.15) is 11.9 Å². The van der Waals surface area contributed by atoms with Crippen molar-refractivity contribution in [2.75, 3.05) is 13.1 Å². The smallest absolute Gasteiger partial charge is 0.345 e. The molecule has 1 unspecified atom stereocenters. The Morgan fingerprint density at radius 1 is 1.54 bits per heavy atom. The van der Waals surface area contributed by atoms with Crippen molar-refractivity contribution in [1.29, 1.82) is 5.41 Å². The Kier molecular flexibility index (Phi) is 6.62. The van der Waals surface area contributed by atoms with Gasteiger partial charge in [-0.25, -0.2) is 0 Å². The van der Waals surface area contributed by atoms with E-state index in [9.17, 15) is 18.4 Å². The number of hydrogen-bond donors (Lipinski definition) is 4. The molecule has 0 aromatic carbocycles. The molecule has 1 saturated heterocycles. The number of hydrogen-bond acceptors (Lipinski definition) is 6. The highest BCUT2D eigenvalue weighted by molar-refractivity contribution is 7.10. The van der Waals surface area contributed by atoms with Gasteiger partial charge >= 0.3 is 6.61 Å². The average molecular weight is 389 g/mol. The predicted molar refractivity (Wildman–Crippen MR) is 91.9 cm³/mol. The van der Waals surface area contributed by atoms with Crippen molar-refractivity contribution in [3.05, 3.63) is 21.9 Å². The van der Waals surface area contributed by atoms with Gasteiger partial charge in [0.15, 0.2) is 0 Å². The highest BCUT2D eigenvalue weighted by atomic mass is 32.1. The molecular weight excluding hydrogens is 368 g/mol. The number of alkyl halides is 2. The monoisotopic (exact) mass is 389 g/mol. The minimum absolute atomic E-state index is 0.0300. The zero-order valence-electron chi connectivity index (χ0n) is 14.1. The number of thiophene rings is 1. The molecule has 0 saturated carbocycles. The van der Waals surface area contributed by atoms with Crippen molar-refractivity contribution in [3.8, 4) is 0 Å². The Bertz CT molecular complexity index is 684. The van der Waals surface area contributed by atoms with E-state index in [2.05, 4.69) is 10.1 Å². The first-order chi connectivity index (χ1) is 12.2. The number of ether oxygens (including phenoxy) is 1. The van der Waals surface area contributed by atoms with E-state index in [1.54, 1.807) is 18.4 Å². The van der Waals surface area contributed by atoms with Gasteiger partial charge in [-0.3, -0.25) is 15.0 Å². The molecule has 1 aliphatic heterocycles. The van der Waals surface area contributed by atoms with E-state index in [1.807, 2.05) is 0 Å². The van der Waals surface area contributed by atoms with Gasteiger partial charge in [-0.1, -0.05) is 0 Å². The van der Waals surface area contributed by atoms with Crippen LogP contribution in [0.1, 0.15) is 29.8 Å². The highest BCUT2D eigenvalue weighted by Gasteiger charge is 2.41. The molecular formula is C15H21F2N5O3S. The van der Waals surface area contributed by atoms with Gasteiger partial charge in [0.25, 0.3) is 0 Å². The fraction of sp³-hybridized carbons (Fsp3) is 0.533. The molecule has 0 spiro atoms. The van der Waals surface area contributed by atoms with E-state index < -0.39 is 36.6 Å². The van der Waals surface area contributed by atoms with Crippen LogP contribution in [0.4, 0.5) is 8.78 Å². The van der Waals surface area contributed by atoms with Crippen molar-refractivity contribution in [3.63, 3.8) is 0 Å². The summed E-state index contributed by atoms with van der Waals surface area (Å²) in [7, 11) is 0. The van der Waals surface area contributed by atoms with Crippen LogP contribution < -0.4 is 16.8 Å². The molecule has 1 aliphatic rings. The molecule has 6 N–H and O–H groups in total. The van der Waals surface area contributed by atoms with E-state index >= 15 is 0 Å². The van der Waals surface area contributed by atoms with Crippen LogP contribution in [0.2, 0.25) is 0 Å². The van der Waals surface area contributed by atoms with Crippen LogP contribution in [0.5, 0.6) is 0 Å². The maximum Gasteiger partial charge on any atom is 0.345 e. The summed E-state index contributed by atoms with van der Waals surface area (Å²) in [6, 6.07) is 0.368. The lowest BCUT2D eigenvalue weighted by molar-refractivity contribution is -0.160. The molecule has 3 atom stereocenters. The third-order valence-corrected chi connectivity index (χ3v) is 5.19. The van der Waals surface area contributed by atoms with Crippen molar-refractivity contribution >= 4 is 29.0 Å². The standard InChI is InChI=1S/C15H21F2N5O3S/c1-7(11-2-8(6-26-11)13(19)20)21-14(24)10-3-9(25-15(16)17)5-22(10)12(23)4-18/h2,6-7,9-10,15H,3-5,18H2,1H3,(H3,19,20)(H,21,24)/t7-,9-,10?/m1/s1. The quantitative estimate of drug-likeness (QED) is 0.395. The van der Waals surface area contributed by atoms with E-state index in [-0.39, 0.29) is 25.3 Å². The molecule has 1 aromatic rings. The maximum atomic E-state index is 12.6. The van der Waals surface area contributed by atoms with Crippen molar-refractivity contribution in [2.45, 2.75) is 38.1 Å². The van der Waals surface area contributed by atoms with Crippen molar-refractivity contribution < 1.29 is 23.1 Å². The fourth-order valence-electron chi connectivity index (χ4n) is 2.78. The molecule has 0 aliphatic carbocycles. The number of likely N-dealkylation sites (tertiary alicyclic amines) is 1. The number of amidine groups is 1. The summed E-state index contributed by atoms with van der Waals surface area (Å²) in [5.41, 5.74) is 11.3. The Morgan fingerprint density at radius 3 is 2.77 bits per heavy atom. The van der Waals surface area contributed by atoms with Gasteiger partial charge in [0.2, 0.25) is 11.8 Å². The number of carbonyl (C=O) groups excluding carboxylic acids is 2. The lowest BCUT2D eigenvalue weighted by Crippen LogP contribution is -2.48. The summed E-state index contributed by atoms with van der Waals surface area (Å²) in [6.07, 6.45) is -0.958. The largest absolute Gasteiger partial charge is 0.384 e. The third-order valence-electron chi connectivity index (χ3n) is 4.07. The normalized spacial score (nSPS) is 21.0. The van der Waals surface area contributed by atoms with Crippen LogP contribution in [-0.4, -0.2) is 54.4 Å². The Morgan fingerprint density at radius 2 is 2.23 bits per heavy atom. The van der Waals surface area contributed by atoms with Crippen LogP contribution >= 0.6 is 11.3 Å². The molecule has 144 valence electrons. The van der Waals surface area contributed by atoms with Gasteiger partial charge in [0, 0.05) is 28.8 Å². The summed E-state index contributed by atoms with van der Waals surface area (Å²) in [5.74, 6) is -1.06. The van der Waals surface area contributed by atoms with Gasteiger partial charge < -0.3 is 26.4 Å². The first-order valence-corrected chi connectivity index (χ1v) is 8.77. The molecule has 0 bridgehead atoms. The van der Waals surface area contributed by atoms with Gasteiger partial charge in [-0.2, -0.15) is 8.78 Å². The SMILES string of the molecule is C[C@@H](NC(=O)C1C[C@@H](OC(F)F)CN1C(=O)CN)c1cc(C(=N)N)cs1. The number of nitrogens with zero attached hydrogens (tertiary/aromatic N) is 1. The molecule has 8 nitrogen and oxygen atoms in total. The molecule has 2 amide bonds. The van der Waals surface area contributed by atoms with Crippen LogP contribution in [0.3, 0.4) is 0 Å². The molecule has 11 heteroatoms. The molecule has 0 radical (unpaired) electrons. The lowest BCUT2D eigenvalue weighted by atomic mass is 10.1. The molecule has 26 heavy (non-hydrogen) atoms. The second-order valence-electron chi connectivity index (χ2n) is 5.90.